The van der Waals surface area contributed by atoms with E-state index >= 15 is 0 Å². The van der Waals surface area contributed by atoms with E-state index in [0.29, 0.717) is 17.5 Å². The first kappa shape index (κ1) is 13.7. The van der Waals surface area contributed by atoms with Gasteiger partial charge in [-0.15, -0.1) is 10.2 Å². The lowest BCUT2D eigenvalue weighted by Crippen LogP contribution is -2.52. The molecule has 22 heavy (non-hydrogen) atoms. The molecule has 0 unspecified atom stereocenters. The van der Waals surface area contributed by atoms with Crippen LogP contribution in [-0.2, 0) is 0 Å². The van der Waals surface area contributed by atoms with Crippen molar-refractivity contribution in [2.45, 2.75) is 18.9 Å². The maximum Gasteiger partial charge on any atom is 0.233 e. The van der Waals surface area contributed by atoms with Crippen molar-refractivity contribution in [3.8, 4) is 17.7 Å². The van der Waals surface area contributed by atoms with Crippen molar-refractivity contribution >= 4 is 11.3 Å². The minimum atomic E-state index is 0.263. The number of aromatic nitrogens is 2. The molecule has 2 aromatic rings. The Bertz CT molecular complexity index is 679. The van der Waals surface area contributed by atoms with E-state index in [4.69, 9.17) is 4.74 Å². The molecule has 0 amide bonds. The van der Waals surface area contributed by atoms with Crippen molar-refractivity contribution in [2.75, 3.05) is 19.6 Å². The molecule has 3 fully saturated rings. The molecule has 2 bridgehead atoms. The van der Waals surface area contributed by atoms with Crippen LogP contribution in [0, 0.1) is 17.8 Å². The number of hydrogen-bond donors (Lipinski definition) is 0. The zero-order chi connectivity index (χ0) is 14.8. The minimum absolute atomic E-state index is 0.263. The topological polar surface area (TPSA) is 38.2 Å². The number of ether oxygens (including phenoxy) is 1. The molecule has 5 rings (SSSR count). The summed E-state index contributed by atoms with van der Waals surface area (Å²) in [4.78, 5) is 2.47. The fourth-order valence-electron chi connectivity index (χ4n) is 3.12. The van der Waals surface area contributed by atoms with Crippen LogP contribution in [0.5, 0.6) is 5.88 Å². The van der Waals surface area contributed by atoms with Gasteiger partial charge >= 0.3 is 0 Å². The lowest BCUT2D eigenvalue weighted by Gasteiger charge is -2.44. The molecule has 3 aliphatic heterocycles. The molecule has 5 heterocycles. The average Bonchev–Trinajstić information content (AvgIpc) is 3.09. The summed E-state index contributed by atoms with van der Waals surface area (Å²) in [5, 5.41) is 12.3. The van der Waals surface area contributed by atoms with Crippen LogP contribution in [-0.4, -0.2) is 40.8 Å². The Balaban J connectivity index is 1.41. The number of nitrogens with zero attached hydrogens (tertiary/aromatic N) is 3. The molecule has 0 N–H and O–H groups in total. The first-order valence-corrected chi connectivity index (χ1v) is 8.58. The van der Waals surface area contributed by atoms with Crippen molar-refractivity contribution in [2.24, 2.45) is 5.92 Å². The van der Waals surface area contributed by atoms with Crippen LogP contribution in [0.15, 0.2) is 29.0 Å². The Kier molecular flexibility index (Phi) is 3.79. The lowest BCUT2D eigenvalue weighted by molar-refractivity contribution is -0.0104. The molecule has 0 radical (unpaired) electrons. The molecule has 0 aliphatic carbocycles. The number of hydrogen-bond acceptors (Lipinski definition) is 5. The summed E-state index contributed by atoms with van der Waals surface area (Å²) in [5.41, 5.74) is 1.69. The third-order valence-electron chi connectivity index (χ3n) is 4.36. The molecular weight excluding hydrogens is 294 g/mol. The Morgan fingerprint density at radius 1 is 1.14 bits per heavy atom. The van der Waals surface area contributed by atoms with Crippen molar-refractivity contribution in [1.29, 1.82) is 0 Å². The molecule has 0 spiro atoms. The van der Waals surface area contributed by atoms with Gasteiger partial charge < -0.3 is 4.74 Å². The number of piperidine rings is 3. The van der Waals surface area contributed by atoms with Gasteiger partial charge in [0.2, 0.25) is 5.88 Å². The average molecular weight is 311 g/mol. The van der Waals surface area contributed by atoms with Crippen molar-refractivity contribution in [1.82, 2.24) is 15.1 Å². The Labute approximate surface area is 134 Å². The molecule has 112 valence electrons. The summed E-state index contributed by atoms with van der Waals surface area (Å²) in [5.74, 6) is 7.38. The van der Waals surface area contributed by atoms with Crippen LogP contribution < -0.4 is 4.74 Å². The van der Waals surface area contributed by atoms with E-state index in [1.54, 1.807) is 11.3 Å². The number of thiophene rings is 1. The Morgan fingerprint density at radius 2 is 2.05 bits per heavy atom. The predicted octanol–water partition coefficient (Wildman–Crippen LogP) is 2.41. The highest BCUT2D eigenvalue weighted by Crippen LogP contribution is 2.29. The van der Waals surface area contributed by atoms with Crippen LogP contribution in [0.1, 0.15) is 24.1 Å². The maximum absolute atomic E-state index is 6.03. The molecule has 0 saturated carbocycles. The molecule has 1 atom stereocenters. The van der Waals surface area contributed by atoms with E-state index in [-0.39, 0.29) is 6.10 Å². The second-order valence-electron chi connectivity index (χ2n) is 5.81. The van der Waals surface area contributed by atoms with Gasteiger partial charge in [-0.2, -0.15) is 11.3 Å². The summed E-state index contributed by atoms with van der Waals surface area (Å²) >= 11 is 1.64. The second kappa shape index (κ2) is 6.07. The van der Waals surface area contributed by atoms with Gasteiger partial charge in [-0.3, -0.25) is 4.90 Å². The van der Waals surface area contributed by atoms with Crippen LogP contribution in [0.2, 0.25) is 0 Å². The van der Waals surface area contributed by atoms with Gasteiger partial charge in [-0.25, -0.2) is 0 Å². The van der Waals surface area contributed by atoms with Crippen LogP contribution in [0.4, 0.5) is 0 Å². The molecule has 3 saturated heterocycles. The van der Waals surface area contributed by atoms with Gasteiger partial charge in [0.25, 0.3) is 0 Å². The monoisotopic (exact) mass is 311 g/mol. The fraction of sp³-hybridized carbons (Fsp3) is 0.412. The lowest BCUT2D eigenvalue weighted by atomic mass is 9.86. The highest BCUT2D eigenvalue weighted by Gasteiger charge is 2.35. The minimum Gasteiger partial charge on any atom is -0.472 e. The summed E-state index contributed by atoms with van der Waals surface area (Å²) in [6, 6.07) is 5.75. The summed E-state index contributed by atoms with van der Waals surface area (Å²) in [6.45, 7) is 3.45. The third kappa shape index (κ3) is 2.99. The third-order valence-corrected chi connectivity index (χ3v) is 5.05. The predicted molar refractivity (Wildman–Crippen MR) is 85.9 cm³/mol. The van der Waals surface area contributed by atoms with E-state index in [1.807, 2.05) is 29.0 Å². The highest BCUT2D eigenvalue weighted by molar-refractivity contribution is 7.08. The zero-order valence-electron chi connectivity index (χ0n) is 12.2. The van der Waals surface area contributed by atoms with Gasteiger partial charge in [0.15, 0.2) is 0 Å². The van der Waals surface area contributed by atoms with Crippen molar-refractivity contribution in [3.63, 3.8) is 0 Å². The molecule has 3 aliphatic rings. The van der Waals surface area contributed by atoms with Crippen LogP contribution >= 0.6 is 11.3 Å². The van der Waals surface area contributed by atoms with Gasteiger partial charge in [0.1, 0.15) is 11.8 Å². The van der Waals surface area contributed by atoms with Gasteiger partial charge in [0, 0.05) is 23.6 Å². The van der Waals surface area contributed by atoms with E-state index < -0.39 is 0 Å². The van der Waals surface area contributed by atoms with Gasteiger partial charge in [-0.05, 0) is 55.3 Å². The smallest absolute Gasteiger partial charge is 0.233 e. The van der Waals surface area contributed by atoms with Crippen LogP contribution in [0.3, 0.4) is 0 Å². The van der Waals surface area contributed by atoms with E-state index in [1.165, 1.54) is 25.9 Å². The maximum atomic E-state index is 6.03. The Morgan fingerprint density at radius 3 is 2.68 bits per heavy atom. The molecule has 4 nitrogen and oxygen atoms in total. The standard InChI is InChI=1S/C17H17N3OS/c1(13-7-10-22-12-13)2-15-3-4-17(19-18-15)21-16-11-20-8-5-14(16)6-9-20/h3-4,7,10,12,14,16H,5-6,8-9,11H2/t16-/m1/s1. The van der Waals surface area contributed by atoms with Crippen LogP contribution in [0.25, 0.3) is 0 Å². The highest BCUT2D eigenvalue weighted by atomic mass is 32.1. The summed E-state index contributed by atoms with van der Waals surface area (Å²) in [7, 11) is 0. The zero-order valence-corrected chi connectivity index (χ0v) is 13.1. The summed E-state index contributed by atoms with van der Waals surface area (Å²) in [6.07, 6.45) is 2.74. The quantitative estimate of drug-likeness (QED) is 0.798. The van der Waals surface area contributed by atoms with Gasteiger partial charge in [-0.1, -0.05) is 5.92 Å². The molecule has 2 aromatic heterocycles. The largest absolute Gasteiger partial charge is 0.472 e. The fourth-order valence-corrected chi connectivity index (χ4v) is 3.71. The van der Waals surface area contributed by atoms with E-state index in [0.717, 1.165) is 12.1 Å². The van der Waals surface area contributed by atoms with Crippen molar-refractivity contribution in [3.05, 3.63) is 40.2 Å². The van der Waals surface area contributed by atoms with Crippen molar-refractivity contribution < 1.29 is 4.74 Å². The SMILES string of the molecule is C(#Cc1ccc(O[C@@H]2CN3CCC2CC3)nn1)c1ccsc1. The van der Waals surface area contributed by atoms with E-state index in [9.17, 15) is 0 Å². The van der Waals surface area contributed by atoms with Gasteiger partial charge in [0.05, 0.1) is 0 Å². The second-order valence-corrected chi connectivity index (χ2v) is 6.59. The molecule has 5 heteroatoms. The molecule has 0 aromatic carbocycles. The molecular formula is C17H17N3OS. The summed E-state index contributed by atoms with van der Waals surface area (Å²) < 4.78 is 6.03. The number of rotatable bonds is 2. The first-order chi connectivity index (χ1) is 10.9. The first-order valence-electron chi connectivity index (χ1n) is 7.64. The normalized spacial score (nSPS) is 26.3. The van der Waals surface area contributed by atoms with E-state index in [2.05, 4.69) is 26.9 Å². The Hall–Kier alpha value is -1.90. The number of fused-ring (bicyclic) bond motifs is 3.